The van der Waals surface area contributed by atoms with Crippen molar-refractivity contribution in [2.45, 2.75) is 24.7 Å². The number of halogens is 5. The minimum absolute atomic E-state index is 0.0597. The molecule has 1 aromatic heterocycles. The fraction of sp³-hybridized carbons (Fsp3) is 0.333. The van der Waals surface area contributed by atoms with Crippen LogP contribution >= 0.6 is 20.2 Å². The maximum Gasteiger partial charge on any atom is 0.463 e. The second-order valence-corrected chi connectivity index (χ2v) is 9.34. The van der Waals surface area contributed by atoms with Crippen LogP contribution in [0.2, 0.25) is 5.02 Å². The Morgan fingerprint density at radius 2 is 1.50 bits per heavy atom. The van der Waals surface area contributed by atoms with E-state index < -0.39 is 52.5 Å². The number of rotatable bonds is 10. The van der Waals surface area contributed by atoms with Gasteiger partial charge in [-0.1, -0.05) is 11.6 Å². The second kappa shape index (κ2) is 14.4. The molecule has 0 spiro atoms. The van der Waals surface area contributed by atoms with Crippen molar-refractivity contribution in [3.63, 3.8) is 0 Å². The molecule has 4 rings (SSSR count). The monoisotopic (exact) mass is 609 g/mol. The summed E-state index contributed by atoms with van der Waals surface area (Å²) in [6.45, 7) is -2.34. The molecule has 2 atom stereocenters. The van der Waals surface area contributed by atoms with Crippen LogP contribution < -0.4 is 29.9 Å². The van der Waals surface area contributed by atoms with Gasteiger partial charge in [0.15, 0.2) is 0 Å². The van der Waals surface area contributed by atoms with E-state index in [1.54, 1.807) is 48.5 Å². The number of methoxy groups -OCH3 is 2. The molecule has 0 amide bonds. The SMILES string of the molecule is COc1ccc(OP(OCC2OC(n3cc(Cl)c(N)nc3=O)CC2(F)F)Oc2ccc(OC)cc2)cc1.FCF. The fourth-order valence-corrected chi connectivity index (χ4v) is 4.47. The van der Waals surface area contributed by atoms with E-state index in [0.717, 1.165) is 10.8 Å². The van der Waals surface area contributed by atoms with E-state index in [0.29, 0.717) is 23.0 Å². The molecule has 3 aromatic rings. The highest BCUT2D eigenvalue weighted by atomic mass is 35.5. The summed E-state index contributed by atoms with van der Waals surface area (Å²) in [4.78, 5) is 15.7. The van der Waals surface area contributed by atoms with Crippen LogP contribution in [0.3, 0.4) is 0 Å². The molecule has 218 valence electrons. The van der Waals surface area contributed by atoms with Crippen LogP contribution in [0.1, 0.15) is 12.6 Å². The molecular formula is C24H25ClF4N3O7P. The van der Waals surface area contributed by atoms with Crippen molar-refractivity contribution in [2.24, 2.45) is 0 Å². The van der Waals surface area contributed by atoms with Crippen LogP contribution in [0.5, 0.6) is 23.0 Å². The molecule has 2 heterocycles. The van der Waals surface area contributed by atoms with Gasteiger partial charge in [-0.3, -0.25) is 9.09 Å². The number of aromatic nitrogens is 2. The lowest BCUT2D eigenvalue weighted by Crippen LogP contribution is -2.32. The maximum absolute atomic E-state index is 14.8. The quantitative estimate of drug-likeness (QED) is 0.228. The van der Waals surface area contributed by atoms with Crippen molar-refractivity contribution < 1.29 is 45.3 Å². The van der Waals surface area contributed by atoms with E-state index in [-0.39, 0.29) is 10.8 Å². The minimum Gasteiger partial charge on any atom is -0.497 e. The summed E-state index contributed by atoms with van der Waals surface area (Å²) in [7, 11) is 0.852. The predicted molar refractivity (Wildman–Crippen MR) is 139 cm³/mol. The maximum atomic E-state index is 14.8. The number of benzene rings is 2. The van der Waals surface area contributed by atoms with E-state index in [1.807, 2.05) is 0 Å². The number of hydrogen-bond acceptors (Lipinski definition) is 9. The first-order valence-corrected chi connectivity index (χ1v) is 12.8. The average Bonchev–Trinajstić information content (AvgIpc) is 3.24. The van der Waals surface area contributed by atoms with Gasteiger partial charge in [0.05, 0.1) is 32.3 Å². The smallest absolute Gasteiger partial charge is 0.463 e. The molecular weight excluding hydrogens is 585 g/mol. The van der Waals surface area contributed by atoms with Crippen LogP contribution in [0.15, 0.2) is 59.5 Å². The van der Waals surface area contributed by atoms with Gasteiger partial charge in [-0.25, -0.2) is 22.4 Å². The molecule has 1 fully saturated rings. The normalized spacial score (nSPS) is 17.6. The van der Waals surface area contributed by atoms with E-state index in [1.165, 1.54) is 14.2 Å². The average molecular weight is 610 g/mol. The number of ether oxygens (including phenoxy) is 3. The Morgan fingerprint density at radius 1 is 1.02 bits per heavy atom. The van der Waals surface area contributed by atoms with Gasteiger partial charge in [-0.15, -0.1) is 0 Å². The van der Waals surface area contributed by atoms with Gasteiger partial charge < -0.3 is 29.0 Å². The highest BCUT2D eigenvalue weighted by molar-refractivity contribution is 7.42. The van der Waals surface area contributed by atoms with E-state index in [2.05, 4.69) is 4.98 Å². The lowest BCUT2D eigenvalue weighted by molar-refractivity contribution is -0.0984. The number of nitrogens with zero attached hydrogens (tertiary/aromatic N) is 2. The summed E-state index contributed by atoms with van der Waals surface area (Å²) in [5, 5.41) is -0.0597. The Morgan fingerprint density at radius 3 is 1.98 bits per heavy atom. The van der Waals surface area contributed by atoms with Crippen molar-refractivity contribution in [3.05, 3.63) is 70.2 Å². The summed E-state index contributed by atoms with van der Waals surface area (Å²) in [5.41, 5.74) is 4.64. The second-order valence-electron chi connectivity index (χ2n) is 7.86. The van der Waals surface area contributed by atoms with E-state index in [4.69, 9.17) is 45.1 Å². The Kier molecular flexibility index (Phi) is 11.2. The zero-order valence-electron chi connectivity index (χ0n) is 21.1. The largest absolute Gasteiger partial charge is 0.497 e. The number of nitrogens with two attached hydrogens (primary N) is 1. The number of nitrogen functional groups attached to an aromatic ring is 1. The van der Waals surface area contributed by atoms with E-state index >= 15 is 0 Å². The minimum atomic E-state index is -3.33. The summed E-state index contributed by atoms with van der Waals surface area (Å²) in [5.74, 6) is -1.60. The Labute approximate surface area is 232 Å². The third kappa shape index (κ3) is 8.34. The van der Waals surface area contributed by atoms with Crippen molar-refractivity contribution >= 4 is 26.0 Å². The van der Waals surface area contributed by atoms with Crippen molar-refractivity contribution in [1.82, 2.24) is 9.55 Å². The van der Waals surface area contributed by atoms with Crippen LogP contribution in [0.25, 0.3) is 0 Å². The Hall–Kier alpha value is -3.32. The molecule has 0 radical (unpaired) electrons. The van der Waals surface area contributed by atoms with Crippen LogP contribution in [-0.2, 0) is 9.26 Å². The molecule has 2 aromatic carbocycles. The molecule has 0 aliphatic carbocycles. The Bertz CT molecular complexity index is 1240. The first kappa shape index (κ1) is 31.2. The van der Waals surface area contributed by atoms with Crippen LogP contribution in [0, 0.1) is 0 Å². The molecule has 40 heavy (non-hydrogen) atoms. The topological polar surface area (TPSA) is 116 Å². The third-order valence-electron chi connectivity index (χ3n) is 5.29. The standard InChI is InChI=1S/C23H23ClF2N3O7P.CH2F2/c1-31-14-3-7-16(8-4-14)35-37(36-17-9-5-15(32-2)6-10-17)33-13-19-23(25,26)11-20(34-19)29-12-18(24)21(27)28-22(29)30;2-1-3/h3-10,12,19-20H,11,13H2,1-2H3,(H2,27,28,30);1H2. The van der Waals surface area contributed by atoms with Crippen molar-refractivity contribution in [1.29, 1.82) is 0 Å². The molecule has 10 nitrogen and oxygen atoms in total. The summed E-state index contributed by atoms with van der Waals surface area (Å²) < 4.78 is 82.7. The first-order chi connectivity index (χ1) is 19.1. The van der Waals surface area contributed by atoms with Gasteiger partial charge in [0.25, 0.3) is 5.92 Å². The van der Waals surface area contributed by atoms with E-state index in [9.17, 15) is 22.4 Å². The fourth-order valence-electron chi connectivity index (χ4n) is 3.34. The van der Waals surface area contributed by atoms with Crippen molar-refractivity contribution in [2.75, 3.05) is 33.5 Å². The molecule has 16 heteroatoms. The summed E-state index contributed by atoms with van der Waals surface area (Å²) >= 11 is 5.91. The van der Waals surface area contributed by atoms with Gasteiger partial charge in [0, 0.05) is 6.20 Å². The zero-order valence-corrected chi connectivity index (χ0v) is 22.8. The molecule has 1 saturated heterocycles. The van der Waals surface area contributed by atoms with Crippen molar-refractivity contribution in [3.8, 4) is 23.0 Å². The molecule has 1 aliphatic rings. The third-order valence-corrected chi connectivity index (χ3v) is 6.66. The molecule has 0 bridgehead atoms. The first-order valence-electron chi connectivity index (χ1n) is 11.4. The molecule has 2 unspecified atom stereocenters. The van der Waals surface area contributed by atoms with Gasteiger partial charge in [-0.05, 0) is 48.5 Å². The molecule has 0 saturated carbocycles. The highest BCUT2D eigenvalue weighted by Crippen LogP contribution is 2.46. The zero-order chi connectivity index (χ0) is 29.3. The molecule has 1 aliphatic heterocycles. The Balaban J connectivity index is 0.00000141. The van der Waals surface area contributed by atoms with Gasteiger partial charge in [-0.2, -0.15) is 4.98 Å². The lowest BCUT2D eigenvalue weighted by atomic mass is 10.2. The predicted octanol–water partition coefficient (Wildman–Crippen LogP) is 5.70. The summed E-state index contributed by atoms with van der Waals surface area (Å²) in [6, 6.07) is 13.1. The van der Waals surface area contributed by atoms with Crippen LogP contribution in [0.4, 0.5) is 23.4 Å². The lowest BCUT2D eigenvalue weighted by Gasteiger charge is -2.22. The highest BCUT2D eigenvalue weighted by Gasteiger charge is 2.52. The number of hydrogen-bond donors (Lipinski definition) is 1. The number of anilines is 1. The molecule has 2 N–H and O–H groups in total. The van der Waals surface area contributed by atoms with Gasteiger partial charge >= 0.3 is 14.3 Å². The van der Waals surface area contributed by atoms with Gasteiger partial charge in [0.1, 0.15) is 41.1 Å². The van der Waals surface area contributed by atoms with Gasteiger partial charge in [0.2, 0.25) is 6.93 Å². The number of alkyl halides is 4. The summed E-state index contributed by atoms with van der Waals surface area (Å²) in [6.07, 6.45) is -2.70. The van der Waals surface area contributed by atoms with Crippen LogP contribution in [-0.4, -0.2) is 49.3 Å².